The molecule has 5 rings (SSSR count). The molecule has 2 aromatic rings. The van der Waals surface area contributed by atoms with Crippen molar-refractivity contribution in [1.82, 2.24) is 0 Å². The Kier molecular flexibility index (Phi) is 7.44. The first kappa shape index (κ1) is 31.3. The maximum atomic E-state index is 14.5. The molecule has 0 aliphatic heterocycles. The summed E-state index contributed by atoms with van der Waals surface area (Å²) in [7, 11) is 1.56. The molecule has 0 heterocycles. The molecule has 2 aromatic carbocycles. The van der Waals surface area contributed by atoms with Gasteiger partial charge in [0, 0.05) is 22.3 Å². The molecule has 0 radical (unpaired) electrons. The van der Waals surface area contributed by atoms with Gasteiger partial charge in [0.2, 0.25) is 5.78 Å². The summed E-state index contributed by atoms with van der Waals surface area (Å²) in [5, 5.41) is 46.5. The summed E-state index contributed by atoms with van der Waals surface area (Å²) < 4.78 is 5.10. The lowest BCUT2D eigenvalue weighted by molar-refractivity contribution is -0.178. The molecule has 3 aliphatic rings. The van der Waals surface area contributed by atoms with E-state index in [9.17, 15) is 34.8 Å². The summed E-state index contributed by atoms with van der Waals surface area (Å²) in [6, 6.07) is 9.27. The van der Waals surface area contributed by atoms with Crippen molar-refractivity contribution in [3.05, 3.63) is 75.8 Å². The molecule has 1 saturated carbocycles. The van der Waals surface area contributed by atoms with Gasteiger partial charge in [-0.1, -0.05) is 52.8 Å². The van der Waals surface area contributed by atoms with Crippen molar-refractivity contribution in [3.8, 4) is 16.9 Å². The fourth-order valence-electron chi connectivity index (χ4n) is 8.37. The van der Waals surface area contributed by atoms with E-state index in [-0.39, 0.29) is 35.6 Å². The SMILES string of the molecule is CCc1ccc(/C=C/OC)cc1-c1ccc(O)c2c1C[C@]1(C)C[C@]3(C)C(C(C)C)C(=O)C(C(C)=O)=C(O)[C@]3(O)C(=O)C1=C2O. The highest BCUT2D eigenvalue weighted by Crippen LogP contribution is 2.65. The second-order valence-corrected chi connectivity index (χ2v) is 13.3. The number of phenolic OH excluding ortho intramolecular Hbond substituents is 1. The van der Waals surface area contributed by atoms with Crippen LogP contribution in [0.1, 0.15) is 70.2 Å². The number of allylic oxidation sites excluding steroid dienone is 1. The summed E-state index contributed by atoms with van der Waals surface area (Å²) in [4.78, 5) is 40.8. The Morgan fingerprint density at radius 1 is 1.09 bits per heavy atom. The van der Waals surface area contributed by atoms with Gasteiger partial charge in [-0.15, -0.1) is 0 Å². The zero-order valence-corrected chi connectivity index (χ0v) is 26.2. The number of ketones is 3. The second-order valence-electron chi connectivity index (χ2n) is 13.3. The average Bonchev–Trinajstić information content (AvgIpc) is 2.93. The van der Waals surface area contributed by atoms with E-state index in [1.807, 2.05) is 31.2 Å². The number of ether oxygens (including phenoxy) is 1. The molecule has 8 nitrogen and oxygen atoms in total. The van der Waals surface area contributed by atoms with Gasteiger partial charge in [0.05, 0.1) is 18.9 Å². The van der Waals surface area contributed by atoms with E-state index >= 15 is 0 Å². The maximum absolute atomic E-state index is 14.5. The van der Waals surface area contributed by atoms with Crippen molar-refractivity contribution in [3.63, 3.8) is 0 Å². The molecule has 0 bridgehead atoms. The van der Waals surface area contributed by atoms with Gasteiger partial charge < -0.3 is 25.2 Å². The minimum atomic E-state index is -2.64. The van der Waals surface area contributed by atoms with E-state index in [2.05, 4.69) is 0 Å². The number of carbonyl (C=O) groups excluding carboxylic acids is 3. The highest BCUT2D eigenvalue weighted by atomic mass is 16.5. The maximum Gasteiger partial charge on any atom is 0.203 e. The van der Waals surface area contributed by atoms with Crippen LogP contribution in [0.3, 0.4) is 0 Å². The minimum Gasteiger partial charge on any atom is -0.508 e. The van der Waals surface area contributed by atoms with Crippen LogP contribution < -0.4 is 0 Å². The molecule has 1 unspecified atom stereocenters. The van der Waals surface area contributed by atoms with Crippen molar-refractivity contribution in [2.75, 3.05) is 7.11 Å². The lowest BCUT2D eigenvalue weighted by Crippen LogP contribution is -2.69. The Morgan fingerprint density at radius 3 is 2.36 bits per heavy atom. The Morgan fingerprint density at radius 2 is 1.77 bits per heavy atom. The summed E-state index contributed by atoms with van der Waals surface area (Å²) in [5.41, 5.74) is -1.67. The molecule has 8 heteroatoms. The quantitative estimate of drug-likeness (QED) is 0.232. The highest BCUT2D eigenvalue weighted by Gasteiger charge is 2.72. The van der Waals surface area contributed by atoms with Crippen molar-refractivity contribution >= 4 is 29.2 Å². The number of benzene rings is 2. The molecule has 0 spiro atoms. The Bertz CT molecular complexity index is 1710. The third kappa shape index (κ3) is 4.10. The fraction of sp³-hybridized carbons (Fsp3) is 0.417. The largest absolute Gasteiger partial charge is 0.508 e. The molecule has 232 valence electrons. The third-order valence-electron chi connectivity index (χ3n) is 10.1. The summed E-state index contributed by atoms with van der Waals surface area (Å²) in [5.74, 6) is -5.38. The molecule has 3 aliphatic carbocycles. The Labute approximate surface area is 257 Å². The van der Waals surface area contributed by atoms with Crippen LogP contribution in [0.15, 0.2) is 53.5 Å². The predicted octanol–water partition coefficient (Wildman–Crippen LogP) is 6.04. The lowest BCUT2D eigenvalue weighted by Gasteiger charge is -2.59. The van der Waals surface area contributed by atoms with Crippen LogP contribution in [0.5, 0.6) is 5.75 Å². The monoisotopic (exact) mass is 600 g/mol. The molecule has 0 aromatic heterocycles. The van der Waals surface area contributed by atoms with Gasteiger partial charge in [0.15, 0.2) is 17.2 Å². The number of aryl methyl sites for hydroxylation is 1. The van der Waals surface area contributed by atoms with Crippen LogP contribution in [-0.2, 0) is 32.0 Å². The highest BCUT2D eigenvalue weighted by molar-refractivity contribution is 6.24. The summed E-state index contributed by atoms with van der Waals surface area (Å²) in [6.45, 7) is 10.1. The van der Waals surface area contributed by atoms with E-state index in [1.165, 1.54) is 6.07 Å². The number of phenols is 1. The van der Waals surface area contributed by atoms with Crippen LogP contribution in [0.25, 0.3) is 23.0 Å². The van der Waals surface area contributed by atoms with E-state index in [1.54, 1.807) is 47.1 Å². The molecular weight excluding hydrogens is 560 g/mol. The number of hydrogen-bond donors (Lipinski definition) is 4. The molecule has 0 amide bonds. The molecule has 4 atom stereocenters. The van der Waals surface area contributed by atoms with Gasteiger partial charge in [0.25, 0.3) is 0 Å². The Balaban J connectivity index is 1.81. The number of fused-ring (bicyclic) bond motifs is 3. The van der Waals surface area contributed by atoms with Gasteiger partial charge in [0.1, 0.15) is 22.8 Å². The number of aromatic hydroxyl groups is 1. The van der Waals surface area contributed by atoms with Crippen LogP contribution in [0, 0.1) is 22.7 Å². The molecule has 44 heavy (non-hydrogen) atoms. The molecule has 4 N–H and O–H groups in total. The van der Waals surface area contributed by atoms with Gasteiger partial charge in [-0.3, -0.25) is 14.4 Å². The summed E-state index contributed by atoms with van der Waals surface area (Å²) >= 11 is 0. The second kappa shape index (κ2) is 10.5. The standard InChI is InChI=1S/C36H40O8/c1-8-21-10-9-20(13-14-44-7)15-23(21)22-11-12-25(38)27-24(22)16-34(5)17-35(6)28(18(2)3)30(39)26(19(4)37)32(41)36(35,43)33(42)29(34)31(27)40/h9-15,18,28,38,40-41,43H,8,16-17H2,1-7H3/b14-13+/t28?,34-,35-,36+/m1/s1. The third-order valence-corrected chi connectivity index (χ3v) is 10.1. The van der Waals surface area contributed by atoms with Crippen LogP contribution in [-0.4, -0.2) is 50.5 Å². The van der Waals surface area contributed by atoms with Crippen molar-refractivity contribution < 1.29 is 39.5 Å². The van der Waals surface area contributed by atoms with E-state index in [0.717, 1.165) is 35.6 Å². The minimum absolute atomic E-state index is 0.0389. The topological polar surface area (TPSA) is 141 Å². The zero-order chi connectivity index (χ0) is 32.5. The first-order valence-corrected chi connectivity index (χ1v) is 15.0. The Hall–Kier alpha value is -4.17. The lowest BCUT2D eigenvalue weighted by atomic mass is 9.43. The number of rotatable bonds is 6. The average molecular weight is 601 g/mol. The van der Waals surface area contributed by atoms with E-state index in [4.69, 9.17) is 4.74 Å². The predicted molar refractivity (Wildman–Crippen MR) is 167 cm³/mol. The van der Waals surface area contributed by atoms with Crippen molar-refractivity contribution in [2.24, 2.45) is 22.7 Å². The van der Waals surface area contributed by atoms with Crippen molar-refractivity contribution in [2.45, 2.75) is 66.4 Å². The van der Waals surface area contributed by atoms with E-state index < -0.39 is 56.8 Å². The molecular formula is C36H40O8. The number of methoxy groups -OCH3 is 1. The number of aliphatic hydroxyl groups is 3. The first-order valence-electron chi connectivity index (χ1n) is 15.0. The van der Waals surface area contributed by atoms with Gasteiger partial charge in [-0.05, 0) is 78.1 Å². The first-order chi connectivity index (χ1) is 20.6. The molecule has 1 fully saturated rings. The fourth-order valence-corrected chi connectivity index (χ4v) is 8.37. The number of hydrogen-bond acceptors (Lipinski definition) is 8. The number of Topliss-reactive ketones (excluding diaryl/α,β-unsaturated/α-hetero) is 3. The van der Waals surface area contributed by atoms with Crippen LogP contribution in [0.4, 0.5) is 0 Å². The normalized spacial score (nSPS) is 28.3. The van der Waals surface area contributed by atoms with E-state index in [0.29, 0.717) is 5.56 Å². The summed E-state index contributed by atoms with van der Waals surface area (Å²) in [6.07, 6.45) is 4.36. The smallest absolute Gasteiger partial charge is 0.203 e. The number of carbonyl (C=O) groups is 3. The van der Waals surface area contributed by atoms with Gasteiger partial charge >= 0.3 is 0 Å². The van der Waals surface area contributed by atoms with Crippen molar-refractivity contribution in [1.29, 1.82) is 0 Å². The zero-order valence-electron chi connectivity index (χ0n) is 26.2. The van der Waals surface area contributed by atoms with Crippen LogP contribution >= 0.6 is 0 Å². The van der Waals surface area contributed by atoms with Gasteiger partial charge in [-0.2, -0.15) is 0 Å². The molecule has 0 saturated heterocycles. The van der Waals surface area contributed by atoms with Crippen LogP contribution in [0.2, 0.25) is 0 Å². The number of aliphatic hydroxyl groups excluding tert-OH is 2. The van der Waals surface area contributed by atoms with Gasteiger partial charge in [-0.25, -0.2) is 0 Å².